The standard InChI is InChI=1S/C22H23N7/c1-16-7-9-28(14-16)21-6-5-17(12-24-21)11-23-20-10-18(26-15-27-20)19-13-25-22-4-2-3-8-29(19)22/h2-6,8,10,12-13,15-16H,7,9,11,14H2,1H3,(H,23,26,27). The average molecular weight is 385 g/mol. The summed E-state index contributed by atoms with van der Waals surface area (Å²) in [7, 11) is 0. The van der Waals surface area contributed by atoms with Crippen LogP contribution in [0.2, 0.25) is 0 Å². The molecule has 4 aromatic heterocycles. The zero-order valence-corrected chi connectivity index (χ0v) is 16.4. The second-order valence-electron chi connectivity index (χ2n) is 7.58. The van der Waals surface area contributed by atoms with E-state index >= 15 is 0 Å². The van der Waals surface area contributed by atoms with E-state index in [1.54, 1.807) is 6.33 Å². The summed E-state index contributed by atoms with van der Waals surface area (Å²) >= 11 is 0. The molecule has 0 amide bonds. The van der Waals surface area contributed by atoms with Crippen LogP contribution in [0.1, 0.15) is 18.9 Å². The molecule has 1 fully saturated rings. The van der Waals surface area contributed by atoms with E-state index in [1.807, 2.05) is 47.3 Å². The fourth-order valence-electron chi connectivity index (χ4n) is 3.76. The van der Waals surface area contributed by atoms with Crippen molar-refractivity contribution in [3.63, 3.8) is 0 Å². The fraction of sp³-hybridized carbons (Fsp3) is 0.273. The van der Waals surface area contributed by atoms with E-state index in [0.29, 0.717) is 6.54 Å². The van der Waals surface area contributed by atoms with Crippen LogP contribution in [0.5, 0.6) is 0 Å². The van der Waals surface area contributed by atoms with Crippen molar-refractivity contribution in [2.24, 2.45) is 5.92 Å². The molecule has 1 N–H and O–H groups in total. The molecule has 1 atom stereocenters. The third kappa shape index (κ3) is 3.63. The number of nitrogens with one attached hydrogen (secondary N) is 1. The van der Waals surface area contributed by atoms with Gasteiger partial charge in [-0.2, -0.15) is 0 Å². The molecule has 0 radical (unpaired) electrons. The van der Waals surface area contributed by atoms with Gasteiger partial charge in [-0.15, -0.1) is 0 Å². The van der Waals surface area contributed by atoms with Crippen LogP contribution in [0.4, 0.5) is 11.6 Å². The van der Waals surface area contributed by atoms with Crippen LogP contribution in [0, 0.1) is 5.92 Å². The third-order valence-corrected chi connectivity index (χ3v) is 5.38. The lowest BCUT2D eigenvalue weighted by molar-refractivity contribution is 0.659. The zero-order chi connectivity index (χ0) is 19.6. The SMILES string of the molecule is CC1CCN(c2ccc(CNc3cc(-c4cnc5ccccn45)ncn3)cn2)C1. The molecule has 0 saturated carbocycles. The summed E-state index contributed by atoms with van der Waals surface area (Å²) in [5, 5.41) is 3.37. The highest BCUT2D eigenvalue weighted by Crippen LogP contribution is 2.22. The number of rotatable bonds is 5. The molecule has 29 heavy (non-hydrogen) atoms. The number of nitrogens with zero attached hydrogens (tertiary/aromatic N) is 6. The Kier molecular flexibility index (Phi) is 4.56. The minimum atomic E-state index is 0.660. The second kappa shape index (κ2) is 7.50. The van der Waals surface area contributed by atoms with Crippen molar-refractivity contribution in [3.8, 4) is 11.4 Å². The van der Waals surface area contributed by atoms with Crippen molar-refractivity contribution in [2.45, 2.75) is 19.9 Å². The molecule has 1 aliphatic rings. The number of fused-ring (bicyclic) bond motifs is 1. The Balaban J connectivity index is 1.28. The smallest absolute Gasteiger partial charge is 0.137 e. The third-order valence-electron chi connectivity index (χ3n) is 5.38. The molecule has 5 rings (SSSR count). The number of hydrogen-bond acceptors (Lipinski definition) is 6. The molecule has 5 heterocycles. The van der Waals surface area contributed by atoms with Gasteiger partial charge in [0.05, 0.1) is 17.6 Å². The normalized spacial score (nSPS) is 16.4. The Labute approximate surface area is 169 Å². The molecule has 0 aliphatic carbocycles. The predicted octanol–water partition coefficient (Wildman–Crippen LogP) is 3.64. The lowest BCUT2D eigenvalue weighted by Gasteiger charge is -2.17. The van der Waals surface area contributed by atoms with E-state index in [2.05, 4.69) is 49.2 Å². The summed E-state index contributed by atoms with van der Waals surface area (Å²) in [5.41, 5.74) is 3.79. The van der Waals surface area contributed by atoms with Crippen molar-refractivity contribution in [1.82, 2.24) is 24.3 Å². The number of aromatic nitrogens is 5. The monoisotopic (exact) mass is 385 g/mol. The molecule has 1 aliphatic heterocycles. The van der Waals surface area contributed by atoms with E-state index < -0.39 is 0 Å². The fourth-order valence-corrected chi connectivity index (χ4v) is 3.76. The number of hydrogen-bond donors (Lipinski definition) is 1. The predicted molar refractivity (Wildman–Crippen MR) is 114 cm³/mol. The first-order valence-electron chi connectivity index (χ1n) is 9.94. The first-order chi connectivity index (χ1) is 14.3. The Hall–Kier alpha value is -3.48. The number of anilines is 2. The van der Waals surface area contributed by atoms with Gasteiger partial charge in [-0.1, -0.05) is 19.1 Å². The summed E-state index contributed by atoms with van der Waals surface area (Å²) < 4.78 is 2.02. The van der Waals surface area contributed by atoms with Crippen molar-refractivity contribution >= 4 is 17.3 Å². The van der Waals surface area contributed by atoms with Crippen LogP contribution in [0.15, 0.2) is 61.3 Å². The quantitative estimate of drug-likeness (QED) is 0.565. The van der Waals surface area contributed by atoms with Gasteiger partial charge < -0.3 is 10.2 Å². The molecule has 4 aromatic rings. The number of imidazole rings is 1. The van der Waals surface area contributed by atoms with Gasteiger partial charge in [0.1, 0.15) is 23.6 Å². The summed E-state index contributed by atoms with van der Waals surface area (Å²) in [6.45, 7) is 5.14. The van der Waals surface area contributed by atoms with Crippen LogP contribution < -0.4 is 10.2 Å². The van der Waals surface area contributed by atoms with Gasteiger partial charge in [-0.05, 0) is 36.1 Å². The van der Waals surface area contributed by atoms with E-state index in [-0.39, 0.29) is 0 Å². The summed E-state index contributed by atoms with van der Waals surface area (Å²) in [4.78, 5) is 20.2. The average Bonchev–Trinajstić information content (AvgIpc) is 3.39. The van der Waals surface area contributed by atoms with E-state index in [4.69, 9.17) is 0 Å². The zero-order valence-electron chi connectivity index (χ0n) is 16.4. The van der Waals surface area contributed by atoms with Crippen LogP contribution in [-0.4, -0.2) is 37.4 Å². The van der Waals surface area contributed by atoms with Gasteiger partial charge in [0.25, 0.3) is 0 Å². The first-order valence-corrected chi connectivity index (χ1v) is 9.94. The maximum atomic E-state index is 4.64. The van der Waals surface area contributed by atoms with Gasteiger partial charge in [0.2, 0.25) is 0 Å². The number of pyridine rings is 2. The molecule has 7 heteroatoms. The summed E-state index contributed by atoms with van der Waals surface area (Å²) in [6, 6.07) is 12.1. The van der Waals surface area contributed by atoms with Crippen molar-refractivity contribution in [1.29, 1.82) is 0 Å². The molecular weight excluding hydrogens is 362 g/mol. The highest BCUT2D eigenvalue weighted by molar-refractivity contribution is 5.62. The molecule has 146 valence electrons. The first kappa shape index (κ1) is 17.6. The molecule has 1 unspecified atom stereocenters. The van der Waals surface area contributed by atoms with Crippen LogP contribution >= 0.6 is 0 Å². The van der Waals surface area contributed by atoms with E-state index in [1.165, 1.54) is 6.42 Å². The highest BCUT2D eigenvalue weighted by Gasteiger charge is 2.19. The maximum Gasteiger partial charge on any atom is 0.137 e. The van der Waals surface area contributed by atoms with Gasteiger partial charge in [-0.25, -0.2) is 19.9 Å². The van der Waals surface area contributed by atoms with Gasteiger partial charge in [-0.3, -0.25) is 4.40 Å². The topological polar surface area (TPSA) is 71.2 Å². The molecule has 0 spiro atoms. The van der Waals surface area contributed by atoms with E-state index in [9.17, 15) is 0 Å². The maximum absolute atomic E-state index is 4.64. The van der Waals surface area contributed by atoms with Gasteiger partial charge >= 0.3 is 0 Å². The lowest BCUT2D eigenvalue weighted by atomic mass is 10.2. The highest BCUT2D eigenvalue weighted by atomic mass is 15.2. The largest absolute Gasteiger partial charge is 0.366 e. The molecule has 1 saturated heterocycles. The minimum absolute atomic E-state index is 0.660. The Bertz CT molecular complexity index is 1120. The molecular formula is C22H23N7. The van der Waals surface area contributed by atoms with Gasteiger partial charge in [0.15, 0.2) is 0 Å². The van der Waals surface area contributed by atoms with Crippen molar-refractivity contribution < 1.29 is 0 Å². The second-order valence-corrected chi connectivity index (χ2v) is 7.58. The molecule has 0 bridgehead atoms. The Morgan fingerprint density at radius 2 is 2.03 bits per heavy atom. The van der Waals surface area contributed by atoms with Crippen LogP contribution in [-0.2, 0) is 6.54 Å². The van der Waals surface area contributed by atoms with E-state index in [0.717, 1.165) is 53.2 Å². The molecule has 0 aromatic carbocycles. The summed E-state index contributed by atoms with van der Waals surface area (Å²) in [5.74, 6) is 2.59. The molecule has 7 nitrogen and oxygen atoms in total. The summed E-state index contributed by atoms with van der Waals surface area (Å²) in [6.07, 6.45) is 8.59. The van der Waals surface area contributed by atoms with Gasteiger partial charge in [0, 0.05) is 38.1 Å². The Morgan fingerprint density at radius 1 is 1.07 bits per heavy atom. The van der Waals surface area contributed by atoms with Crippen LogP contribution in [0.25, 0.3) is 17.0 Å². The van der Waals surface area contributed by atoms with Crippen LogP contribution in [0.3, 0.4) is 0 Å². The minimum Gasteiger partial charge on any atom is -0.366 e. The van der Waals surface area contributed by atoms with Crippen molar-refractivity contribution in [2.75, 3.05) is 23.3 Å². The Morgan fingerprint density at radius 3 is 2.86 bits per heavy atom. The van der Waals surface area contributed by atoms with Crippen molar-refractivity contribution in [3.05, 3.63) is 66.9 Å². The lowest BCUT2D eigenvalue weighted by Crippen LogP contribution is -2.20.